The third kappa shape index (κ3) is 1.96. The standard InChI is InChI=1S/C9H6F3NO/c1-3-6-4-7(14-2)8(13-5-6)9(10,11)12/h1,4-5H,2H3. The van der Waals surface area contributed by atoms with E-state index in [2.05, 4.69) is 15.6 Å². The normalized spacial score (nSPS) is 10.8. The van der Waals surface area contributed by atoms with Gasteiger partial charge in [0.25, 0.3) is 0 Å². The average molecular weight is 201 g/mol. The van der Waals surface area contributed by atoms with Crippen LogP contribution in [0.4, 0.5) is 13.2 Å². The van der Waals surface area contributed by atoms with Gasteiger partial charge in [0.1, 0.15) is 0 Å². The predicted octanol–water partition coefficient (Wildman–Crippen LogP) is 2.09. The number of methoxy groups -OCH3 is 1. The van der Waals surface area contributed by atoms with Crippen molar-refractivity contribution in [2.24, 2.45) is 0 Å². The van der Waals surface area contributed by atoms with Crippen molar-refractivity contribution in [2.45, 2.75) is 6.18 Å². The van der Waals surface area contributed by atoms with Crippen molar-refractivity contribution in [3.63, 3.8) is 0 Å². The second kappa shape index (κ2) is 3.58. The largest absolute Gasteiger partial charge is 0.494 e. The molecule has 0 saturated heterocycles. The lowest BCUT2D eigenvalue weighted by Crippen LogP contribution is -2.10. The van der Waals surface area contributed by atoms with Crippen LogP contribution in [0.15, 0.2) is 12.3 Å². The monoisotopic (exact) mass is 201 g/mol. The molecule has 0 radical (unpaired) electrons. The van der Waals surface area contributed by atoms with Crippen LogP contribution in [-0.4, -0.2) is 12.1 Å². The van der Waals surface area contributed by atoms with Gasteiger partial charge in [-0.1, -0.05) is 5.92 Å². The summed E-state index contributed by atoms with van der Waals surface area (Å²) in [6.45, 7) is 0. The summed E-state index contributed by atoms with van der Waals surface area (Å²) in [6.07, 6.45) is 1.45. The Morgan fingerprint density at radius 1 is 1.50 bits per heavy atom. The number of pyridine rings is 1. The third-order valence-corrected chi connectivity index (χ3v) is 1.51. The first-order chi connectivity index (χ1) is 6.49. The molecule has 0 bridgehead atoms. The third-order valence-electron chi connectivity index (χ3n) is 1.51. The predicted molar refractivity (Wildman–Crippen MR) is 43.7 cm³/mol. The molecule has 0 fully saturated rings. The lowest BCUT2D eigenvalue weighted by atomic mass is 10.2. The highest BCUT2D eigenvalue weighted by Crippen LogP contribution is 2.34. The van der Waals surface area contributed by atoms with Crippen LogP contribution in [0.25, 0.3) is 0 Å². The van der Waals surface area contributed by atoms with Gasteiger partial charge in [-0.2, -0.15) is 13.2 Å². The molecule has 1 aromatic rings. The van der Waals surface area contributed by atoms with Crippen LogP contribution in [0.2, 0.25) is 0 Å². The minimum atomic E-state index is -4.53. The first kappa shape index (κ1) is 10.4. The summed E-state index contributed by atoms with van der Waals surface area (Å²) in [4.78, 5) is 3.20. The number of terminal acetylenes is 1. The summed E-state index contributed by atoms with van der Waals surface area (Å²) >= 11 is 0. The molecule has 74 valence electrons. The van der Waals surface area contributed by atoms with E-state index < -0.39 is 11.9 Å². The van der Waals surface area contributed by atoms with E-state index >= 15 is 0 Å². The van der Waals surface area contributed by atoms with E-state index in [-0.39, 0.29) is 11.3 Å². The Labute approximate surface area is 78.7 Å². The van der Waals surface area contributed by atoms with E-state index in [1.807, 2.05) is 0 Å². The first-order valence-corrected chi connectivity index (χ1v) is 3.57. The summed E-state index contributed by atoms with van der Waals surface area (Å²) in [5.41, 5.74) is -0.825. The zero-order valence-electron chi connectivity index (χ0n) is 7.22. The van der Waals surface area contributed by atoms with Crippen molar-refractivity contribution >= 4 is 0 Å². The number of aromatic nitrogens is 1. The molecule has 1 aromatic heterocycles. The molecule has 1 rings (SSSR count). The molecule has 0 unspecified atom stereocenters. The number of hydrogen-bond donors (Lipinski definition) is 0. The maximum absolute atomic E-state index is 12.3. The summed E-state index contributed by atoms with van der Waals surface area (Å²) in [5, 5.41) is 0. The van der Waals surface area contributed by atoms with Gasteiger partial charge in [-0.3, -0.25) is 0 Å². The molecule has 0 saturated carbocycles. The Bertz CT molecular complexity index is 379. The van der Waals surface area contributed by atoms with Gasteiger partial charge < -0.3 is 4.74 Å². The van der Waals surface area contributed by atoms with Crippen LogP contribution in [-0.2, 0) is 6.18 Å². The Morgan fingerprint density at radius 2 is 2.14 bits per heavy atom. The van der Waals surface area contributed by atoms with Gasteiger partial charge in [-0.05, 0) is 6.07 Å². The SMILES string of the molecule is C#Cc1cnc(C(F)(F)F)c(OC)c1. The van der Waals surface area contributed by atoms with Crippen LogP contribution in [0.1, 0.15) is 11.3 Å². The van der Waals surface area contributed by atoms with Gasteiger partial charge in [0.15, 0.2) is 11.4 Å². The van der Waals surface area contributed by atoms with Crippen molar-refractivity contribution < 1.29 is 17.9 Å². The minimum Gasteiger partial charge on any atom is -0.494 e. The summed E-state index contributed by atoms with van der Waals surface area (Å²) < 4.78 is 41.4. The second-order valence-corrected chi connectivity index (χ2v) is 2.42. The molecular weight excluding hydrogens is 195 g/mol. The molecule has 0 N–H and O–H groups in total. The van der Waals surface area contributed by atoms with Crippen LogP contribution in [0.3, 0.4) is 0 Å². The van der Waals surface area contributed by atoms with Crippen LogP contribution >= 0.6 is 0 Å². The number of rotatable bonds is 1. The topological polar surface area (TPSA) is 22.1 Å². The number of ether oxygens (including phenoxy) is 1. The number of hydrogen-bond acceptors (Lipinski definition) is 2. The van der Waals surface area contributed by atoms with Crippen LogP contribution in [0.5, 0.6) is 5.75 Å². The minimum absolute atomic E-state index is 0.245. The van der Waals surface area contributed by atoms with E-state index in [0.29, 0.717) is 0 Å². The van der Waals surface area contributed by atoms with E-state index in [0.717, 1.165) is 19.4 Å². The molecule has 0 aliphatic carbocycles. The van der Waals surface area contributed by atoms with E-state index in [4.69, 9.17) is 6.42 Å². The molecule has 0 aliphatic heterocycles. The fourth-order valence-electron chi connectivity index (χ4n) is 0.892. The van der Waals surface area contributed by atoms with Gasteiger partial charge in [0.2, 0.25) is 0 Å². The fourth-order valence-corrected chi connectivity index (χ4v) is 0.892. The first-order valence-electron chi connectivity index (χ1n) is 3.57. The molecule has 2 nitrogen and oxygen atoms in total. The lowest BCUT2D eigenvalue weighted by Gasteiger charge is -2.10. The number of alkyl halides is 3. The molecule has 14 heavy (non-hydrogen) atoms. The van der Waals surface area contributed by atoms with Crippen molar-refractivity contribution in [2.75, 3.05) is 7.11 Å². The molecule has 0 aromatic carbocycles. The highest BCUT2D eigenvalue weighted by molar-refractivity contribution is 5.40. The molecular formula is C9H6F3NO. The van der Waals surface area contributed by atoms with Crippen molar-refractivity contribution in [1.29, 1.82) is 0 Å². The highest BCUT2D eigenvalue weighted by Gasteiger charge is 2.36. The van der Waals surface area contributed by atoms with Crippen molar-refractivity contribution in [3.8, 4) is 18.1 Å². The fraction of sp³-hybridized carbons (Fsp3) is 0.222. The van der Waals surface area contributed by atoms with Gasteiger partial charge in [0.05, 0.1) is 7.11 Å². The molecule has 0 amide bonds. The van der Waals surface area contributed by atoms with Gasteiger partial charge in [-0.15, -0.1) is 6.42 Å². The molecule has 0 atom stereocenters. The lowest BCUT2D eigenvalue weighted by molar-refractivity contribution is -0.142. The zero-order chi connectivity index (χ0) is 10.8. The number of nitrogens with zero attached hydrogens (tertiary/aromatic N) is 1. The van der Waals surface area contributed by atoms with E-state index in [9.17, 15) is 13.2 Å². The Morgan fingerprint density at radius 3 is 2.57 bits per heavy atom. The smallest absolute Gasteiger partial charge is 0.437 e. The zero-order valence-corrected chi connectivity index (χ0v) is 7.22. The Balaban J connectivity index is 3.27. The molecule has 5 heteroatoms. The second-order valence-electron chi connectivity index (χ2n) is 2.42. The summed E-state index contributed by atoms with van der Waals surface area (Å²) in [7, 11) is 1.13. The van der Waals surface area contributed by atoms with Crippen LogP contribution in [0, 0.1) is 12.3 Å². The Kier molecular flexibility index (Phi) is 2.65. The maximum atomic E-state index is 12.3. The van der Waals surface area contributed by atoms with Crippen molar-refractivity contribution in [3.05, 3.63) is 23.5 Å². The highest BCUT2D eigenvalue weighted by atomic mass is 19.4. The van der Waals surface area contributed by atoms with E-state index in [1.165, 1.54) is 0 Å². The quantitative estimate of drug-likeness (QED) is 0.649. The summed E-state index contributed by atoms with van der Waals surface area (Å²) in [5.74, 6) is 1.80. The van der Waals surface area contributed by atoms with E-state index in [1.54, 1.807) is 0 Å². The summed E-state index contributed by atoms with van der Waals surface area (Å²) in [6, 6.07) is 1.12. The van der Waals surface area contributed by atoms with Crippen molar-refractivity contribution in [1.82, 2.24) is 4.98 Å². The van der Waals surface area contributed by atoms with Crippen LogP contribution < -0.4 is 4.74 Å². The molecule has 0 spiro atoms. The van der Waals surface area contributed by atoms with Gasteiger partial charge in [-0.25, -0.2) is 4.98 Å². The van der Waals surface area contributed by atoms with Gasteiger partial charge in [0, 0.05) is 11.8 Å². The maximum Gasteiger partial charge on any atom is 0.437 e. The molecule has 1 heterocycles. The Hall–Kier alpha value is -1.70. The van der Waals surface area contributed by atoms with Gasteiger partial charge >= 0.3 is 6.18 Å². The molecule has 0 aliphatic rings. The average Bonchev–Trinajstić information content (AvgIpc) is 2.15. The number of halogens is 3.